The van der Waals surface area contributed by atoms with Crippen molar-refractivity contribution in [1.29, 1.82) is 0 Å². The van der Waals surface area contributed by atoms with Crippen molar-refractivity contribution in [2.75, 3.05) is 13.1 Å². The Hall–Kier alpha value is -3.26. The van der Waals surface area contributed by atoms with Crippen LogP contribution in [-0.4, -0.2) is 51.5 Å². The molecule has 0 radical (unpaired) electrons. The molecule has 0 unspecified atom stereocenters. The molecule has 0 spiro atoms. The minimum Gasteiger partial charge on any atom is -0.360 e. The van der Waals surface area contributed by atoms with Gasteiger partial charge in [0.1, 0.15) is 0 Å². The molecule has 1 aromatic carbocycles. The summed E-state index contributed by atoms with van der Waals surface area (Å²) in [6.45, 7) is 1.68. The summed E-state index contributed by atoms with van der Waals surface area (Å²) >= 11 is 1.52. The van der Waals surface area contributed by atoms with Crippen LogP contribution in [-0.2, 0) is 22.4 Å². The molecule has 0 aliphatic carbocycles. The summed E-state index contributed by atoms with van der Waals surface area (Å²) in [5, 5.41) is 2.65. The van der Waals surface area contributed by atoms with Gasteiger partial charge >= 0.3 is 17.8 Å². The predicted octanol–water partition coefficient (Wildman–Crippen LogP) is 3.01. The van der Waals surface area contributed by atoms with Gasteiger partial charge in [-0.15, -0.1) is 11.3 Å². The molecule has 148 valence electrons. The third kappa shape index (κ3) is 3.36. The number of urea groups is 1. The van der Waals surface area contributed by atoms with Gasteiger partial charge in [0.25, 0.3) is 0 Å². The van der Waals surface area contributed by atoms with E-state index in [1.807, 2.05) is 42.6 Å². The van der Waals surface area contributed by atoms with Crippen LogP contribution in [0, 0.1) is 0 Å². The van der Waals surface area contributed by atoms with Crippen LogP contribution >= 0.6 is 11.3 Å². The topological polar surface area (TPSA) is 90.6 Å². The number of hydrogen-bond donors (Lipinski definition) is 1. The van der Waals surface area contributed by atoms with E-state index in [4.69, 9.17) is 0 Å². The number of nitrogens with zero attached hydrogens (tertiary/aromatic N) is 2. The number of para-hydroxylation sites is 1. The van der Waals surface area contributed by atoms with Gasteiger partial charge in [-0.2, -0.15) is 0 Å². The molecule has 1 aliphatic heterocycles. The number of amides is 4. The first-order chi connectivity index (χ1) is 14.0. The van der Waals surface area contributed by atoms with E-state index in [2.05, 4.69) is 4.98 Å². The van der Waals surface area contributed by atoms with Gasteiger partial charge in [0.15, 0.2) is 5.78 Å². The van der Waals surface area contributed by atoms with Crippen LogP contribution in [0.25, 0.3) is 10.9 Å². The van der Waals surface area contributed by atoms with Gasteiger partial charge in [-0.3, -0.25) is 19.3 Å². The highest BCUT2D eigenvalue weighted by Gasteiger charge is 2.45. The molecule has 7 nitrogen and oxygen atoms in total. The van der Waals surface area contributed by atoms with Crippen molar-refractivity contribution in [3.63, 3.8) is 0 Å². The molecule has 0 bridgehead atoms. The van der Waals surface area contributed by atoms with Crippen molar-refractivity contribution in [2.45, 2.75) is 19.8 Å². The summed E-state index contributed by atoms with van der Waals surface area (Å²) < 4.78 is 0. The summed E-state index contributed by atoms with van der Waals surface area (Å²) in [6, 6.07) is 8.72. The predicted molar refractivity (Wildman–Crippen MR) is 109 cm³/mol. The number of H-pyrrole nitrogens is 1. The Morgan fingerprint density at radius 1 is 1.07 bits per heavy atom. The lowest BCUT2D eigenvalue weighted by Gasteiger charge is -2.14. The number of aromatic amines is 1. The van der Waals surface area contributed by atoms with Crippen LogP contribution in [0.2, 0.25) is 0 Å². The van der Waals surface area contributed by atoms with Crippen LogP contribution in [0.5, 0.6) is 0 Å². The molecule has 29 heavy (non-hydrogen) atoms. The number of thiophene rings is 1. The average Bonchev–Trinajstić information content (AvgIpc) is 3.43. The largest absolute Gasteiger partial charge is 0.360 e. The van der Waals surface area contributed by atoms with Crippen LogP contribution in [0.1, 0.15) is 27.7 Å². The summed E-state index contributed by atoms with van der Waals surface area (Å²) in [5.41, 5.74) is 2.34. The van der Waals surface area contributed by atoms with Crippen LogP contribution in [0.15, 0.2) is 41.9 Å². The number of aryl methyl sites for hydroxylation is 1. The van der Waals surface area contributed by atoms with E-state index >= 15 is 0 Å². The zero-order chi connectivity index (χ0) is 20.5. The normalized spacial score (nSPS) is 14.4. The number of aromatic nitrogens is 1. The number of carbonyl (C=O) groups excluding carboxylic acids is 4. The van der Waals surface area contributed by atoms with Gasteiger partial charge in [0, 0.05) is 40.5 Å². The Bertz CT molecular complexity index is 1120. The molecule has 1 N–H and O–H groups in total. The first-order valence-corrected chi connectivity index (χ1v) is 10.2. The molecular formula is C21H19N3O4S. The van der Waals surface area contributed by atoms with Gasteiger partial charge < -0.3 is 4.98 Å². The first-order valence-electron chi connectivity index (χ1n) is 9.33. The van der Waals surface area contributed by atoms with Crippen LogP contribution in [0.4, 0.5) is 4.79 Å². The molecule has 8 heteroatoms. The zero-order valence-corrected chi connectivity index (χ0v) is 16.6. The number of benzene rings is 1. The standard InChI is InChI=1S/C21H19N3O4S/c1-2-13-5-3-7-15-16(11-22-18(13)15)17(25)12-24-20(27)19(26)23(21(24)28)9-8-14-6-4-10-29-14/h3-7,10-11,22H,2,8-9,12H2,1H3. The molecule has 0 saturated carbocycles. The van der Waals surface area contributed by atoms with Crippen molar-refractivity contribution in [3.05, 3.63) is 57.9 Å². The summed E-state index contributed by atoms with van der Waals surface area (Å²) in [5.74, 6) is -2.23. The Labute approximate surface area is 170 Å². The minimum absolute atomic E-state index is 0.113. The van der Waals surface area contributed by atoms with E-state index in [9.17, 15) is 19.2 Å². The molecular weight excluding hydrogens is 390 g/mol. The van der Waals surface area contributed by atoms with E-state index in [0.717, 1.165) is 37.6 Å². The number of ketones is 1. The van der Waals surface area contributed by atoms with Gasteiger partial charge in [-0.1, -0.05) is 31.2 Å². The van der Waals surface area contributed by atoms with Gasteiger partial charge in [0.2, 0.25) is 0 Å². The number of rotatable bonds is 7. The summed E-state index contributed by atoms with van der Waals surface area (Å²) in [7, 11) is 0. The second-order valence-electron chi connectivity index (χ2n) is 6.78. The highest BCUT2D eigenvalue weighted by molar-refractivity contribution is 7.09. The fraction of sp³-hybridized carbons (Fsp3) is 0.238. The second-order valence-corrected chi connectivity index (χ2v) is 7.81. The summed E-state index contributed by atoms with van der Waals surface area (Å²) in [6.07, 6.45) is 2.88. The summed E-state index contributed by atoms with van der Waals surface area (Å²) in [4.78, 5) is 55.8. The third-order valence-corrected chi connectivity index (χ3v) is 6.02. The highest BCUT2D eigenvalue weighted by atomic mass is 32.1. The number of imide groups is 2. The molecule has 1 saturated heterocycles. The third-order valence-electron chi connectivity index (χ3n) is 5.08. The maximum absolute atomic E-state index is 12.8. The minimum atomic E-state index is -0.955. The number of Topliss-reactive ketones (excluding diaryl/α,β-unsaturated/α-hetero) is 1. The van der Waals surface area contributed by atoms with Gasteiger partial charge in [-0.05, 0) is 23.4 Å². The SMILES string of the molecule is CCc1cccc2c(C(=O)CN3C(=O)C(=O)N(CCc4cccs4)C3=O)c[nH]c12. The lowest BCUT2D eigenvalue weighted by molar-refractivity contribution is -0.143. The quantitative estimate of drug-likeness (QED) is 0.369. The monoisotopic (exact) mass is 409 g/mol. The van der Waals surface area contributed by atoms with Gasteiger partial charge in [0.05, 0.1) is 6.54 Å². The molecule has 3 aromatic rings. The Balaban J connectivity index is 1.51. The maximum Gasteiger partial charge on any atom is 0.334 e. The van der Waals surface area contributed by atoms with E-state index in [0.29, 0.717) is 12.0 Å². The second kappa shape index (κ2) is 7.63. The fourth-order valence-corrected chi connectivity index (χ4v) is 4.23. The Morgan fingerprint density at radius 3 is 2.59 bits per heavy atom. The smallest absolute Gasteiger partial charge is 0.334 e. The highest BCUT2D eigenvalue weighted by Crippen LogP contribution is 2.24. The van der Waals surface area contributed by atoms with E-state index in [1.165, 1.54) is 11.3 Å². The first kappa shape index (κ1) is 19.1. The van der Waals surface area contributed by atoms with E-state index in [1.54, 1.807) is 6.20 Å². The molecule has 2 aromatic heterocycles. The zero-order valence-electron chi connectivity index (χ0n) is 15.8. The molecule has 3 heterocycles. The Kier molecular flexibility index (Phi) is 5.02. The van der Waals surface area contributed by atoms with Crippen molar-refractivity contribution in [3.8, 4) is 0 Å². The molecule has 1 aliphatic rings. The van der Waals surface area contributed by atoms with Crippen LogP contribution in [0.3, 0.4) is 0 Å². The van der Waals surface area contributed by atoms with Crippen molar-refractivity contribution >= 4 is 45.9 Å². The molecule has 4 amide bonds. The van der Waals surface area contributed by atoms with E-state index < -0.39 is 24.4 Å². The molecule has 1 fully saturated rings. The fourth-order valence-electron chi connectivity index (χ4n) is 3.54. The Morgan fingerprint density at radius 2 is 1.86 bits per heavy atom. The maximum atomic E-state index is 12.8. The number of hydrogen-bond acceptors (Lipinski definition) is 5. The number of carbonyl (C=O) groups is 4. The van der Waals surface area contributed by atoms with Crippen LogP contribution < -0.4 is 0 Å². The lowest BCUT2D eigenvalue weighted by Crippen LogP contribution is -2.37. The van der Waals surface area contributed by atoms with Crippen molar-refractivity contribution in [1.82, 2.24) is 14.8 Å². The average molecular weight is 409 g/mol. The van der Waals surface area contributed by atoms with Gasteiger partial charge in [-0.25, -0.2) is 9.69 Å². The van der Waals surface area contributed by atoms with Crippen molar-refractivity contribution in [2.24, 2.45) is 0 Å². The number of fused-ring (bicyclic) bond motifs is 1. The molecule has 0 atom stereocenters. The number of nitrogens with one attached hydrogen (secondary N) is 1. The van der Waals surface area contributed by atoms with Crippen molar-refractivity contribution < 1.29 is 19.2 Å². The molecule has 4 rings (SSSR count). The van der Waals surface area contributed by atoms with E-state index in [-0.39, 0.29) is 12.3 Å². The lowest BCUT2D eigenvalue weighted by atomic mass is 10.0.